The summed E-state index contributed by atoms with van der Waals surface area (Å²) in [5.74, 6) is 0.624. The largest absolute Gasteiger partial charge is 0.497 e. The third kappa shape index (κ3) is 2.77. The van der Waals surface area contributed by atoms with Crippen molar-refractivity contribution in [2.24, 2.45) is 0 Å². The number of fused-ring (bicyclic) bond motifs is 1. The van der Waals surface area contributed by atoms with Crippen molar-refractivity contribution in [3.05, 3.63) is 83.7 Å². The van der Waals surface area contributed by atoms with Gasteiger partial charge in [-0.15, -0.1) is 0 Å². The van der Waals surface area contributed by atoms with Crippen LogP contribution in [0.1, 0.15) is 27.8 Å². The molecule has 1 N–H and O–H groups in total. The van der Waals surface area contributed by atoms with E-state index in [2.05, 4.69) is 10.3 Å². The van der Waals surface area contributed by atoms with E-state index in [1.165, 1.54) is 5.56 Å². The number of pyridine rings is 1. The Morgan fingerprint density at radius 1 is 1.08 bits per heavy atom. The molecule has 4 rings (SSSR count). The predicted molar refractivity (Wildman–Crippen MR) is 102 cm³/mol. The van der Waals surface area contributed by atoms with Crippen LogP contribution in [0, 0.1) is 6.92 Å². The molecule has 0 bridgehead atoms. The van der Waals surface area contributed by atoms with Crippen LogP contribution in [0.2, 0.25) is 0 Å². The maximum Gasteiger partial charge on any atom is 0.262 e. The molecule has 5 nitrogen and oxygen atoms in total. The first-order valence-corrected chi connectivity index (χ1v) is 8.43. The van der Waals surface area contributed by atoms with Gasteiger partial charge in [0.25, 0.3) is 5.91 Å². The standard InChI is InChI=1S/C21H19N3O2/c1-14-8-10-15(11-9-14)23-20-19-18(7-4-12-22-19)21(25)24(20)16-5-3-6-17(13-16)26-2/h3-13,20,23H,1-2H3/t20-/m1/s1. The number of carbonyl (C=O) groups is 1. The normalized spacial score (nSPS) is 15.7. The first kappa shape index (κ1) is 16.1. The van der Waals surface area contributed by atoms with Crippen LogP contribution in [0.25, 0.3) is 0 Å². The number of benzene rings is 2. The van der Waals surface area contributed by atoms with Gasteiger partial charge in [0.05, 0.1) is 24.1 Å². The van der Waals surface area contributed by atoms with Gasteiger partial charge in [-0.25, -0.2) is 0 Å². The zero-order valence-electron chi connectivity index (χ0n) is 14.6. The molecule has 1 atom stereocenters. The van der Waals surface area contributed by atoms with E-state index in [9.17, 15) is 4.79 Å². The van der Waals surface area contributed by atoms with E-state index in [1.807, 2.05) is 61.5 Å². The number of anilines is 2. The number of amides is 1. The highest BCUT2D eigenvalue weighted by Gasteiger charge is 2.39. The van der Waals surface area contributed by atoms with Crippen LogP contribution in [0.15, 0.2) is 66.9 Å². The summed E-state index contributed by atoms with van der Waals surface area (Å²) >= 11 is 0. The second-order valence-electron chi connectivity index (χ2n) is 6.23. The van der Waals surface area contributed by atoms with Crippen LogP contribution >= 0.6 is 0 Å². The van der Waals surface area contributed by atoms with Gasteiger partial charge < -0.3 is 10.1 Å². The molecule has 3 aromatic rings. The minimum absolute atomic E-state index is 0.0778. The van der Waals surface area contributed by atoms with Gasteiger partial charge in [-0.05, 0) is 43.3 Å². The number of ether oxygens (including phenoxy) is 1. The molecule has 0 spiro atoms. The molecular formula is C21H19N3O2. The molecule has 130 valence electrons. The molecule has 0 saturated heterocycles. The van der Waals surface area contributed by atoms with Crippen molar-refractivity contribution in [2.45, 2.75) is 13.1 Å². The summed E-state index contributed by atoms with van der Waals surface area (Å²) in [7, 11) is 1.61. The molecule has 0 radical (unpaired) electrons. The number of hydrogen-bond acceptors (Lipinski definition) is 4. The lowest BCUT2D eigenvalue weighted by molar-refractivity contribution is 0.0993. The molecule has 1 aliphatic rings. The fourth-order valence-electron chi connectivity index (χ4n) is 3.15. The van der Waals surface area contributed by atoms with Crippen molar-refractivity contribution < 1.29 is 9.53 Å². The lowest BCUT2D eigenvalue weighted by Gasteiger charge is -2.27. The van der Waals surface area contributed by atoms with E-state index >= 15 is 0 Å². The minimum atomic E-state index is -0.381. The Morgan fingerprint density at radius 2 is 1.88 bits per heavy atom. The molecule has 26 heavy (non-hydrogen) atoms. The summed E-state index contributed by atoms with van der Waals surface area (Å²) < 4.78 is 5.32. The van der Waals surface area contributed by atoms with Gasteiger partial charge in [0.15, 0.2) is 6.17 Å². The molecule has 0 fully saturated rings. The van der Waals surface area contributed by atoms with Gasteiger partial charge in [0, 0.05) is 18.0 Å². The lowest BCUT2D eigenvalue weighted by Crippen LogP contribution is -2.32. The highest BCUT2D eigenvalue weighted by atomic mass is 16.5. The number of aryl methyl sites for hydroxylation is 1. The van der Waals surface area contributed by atoms with Crippen molar-refractivity contribution in [3.8, 4) is 5.75 Å². The van der Waals surface area contributed by atoms with E-state index in [0.29, 0.717) is 11.3 Å². The molecule has 0 saturated carbocycles. The van der Waals surface area contributed by atoms with Crippen LogP contribution < -0.4 is 15.0 Å². The summed E-state index contributed by atoms with van der Waals surface area (Å²) in [6, 6.07) is 19.2. The van der Waals surface area contributed by atoms with E-state index in [0.717, 1.165) is 17.1 Å². The van der Waals surface area contributed by atoms with Crippen LogP contribution in [-0.2, 0) is 0 Å². The fraction of sp³-hybridized carbons (Fsp3) is 0.143. The molecular weight excluding hydrogens is 326 g/mol. The smallest absolute Gasteiger partial charge is 0.262 e. The zero-order chi connectivity index (χ0) is 18.1. The number of rotatable bonds is 4. The van der Waals surface area contributed by atoms with Crippen molar-refractivity contribution in [1.82, 2.24) is 4.98 Å². The SMILES string of the molecule is COc1cccc(N2C(=O)c3cccnc3[C@@H]2Nc2ccc(C)cc2)c1. The molecule has 5 heteroatoms. The van der Waals surface area contributed by atoms with Gasteiger partial charge in [-0.1, -0.05) is 23.8 Å². The summed E-state index contributed by atoms with van der Waals surface area (Å²) in [5.41, 5.74) is 4.21. The second kappa shape index (κ2) is 6.52. The van der Waals surface area contributed by atoms with Crippen LogP contribution in [0.5, 0.6) is 5.75 Å². The molecule has 1 amide bonds. The zero-order valence-corrected chi connectivity index (χ0v) is 14.6. The highest BCUT2D eigenvalue weighted by Crippen LogP contribution is 2.37. The predicted octanol–water partition coefficient (Wildman–Crippen LogP) is 4.17. The Labute approximate surface area is 152 Å². The molecule has 2 heterocycles. The minimum Gasteiger partial charge on any atom is -0.497 e. The maximum absolute atomic E-state index is 13.1. The van der Waals surface area contributed by atoms with Crippen molar-refractivity contribution in [2.75, 3.05) is 17.3 Å². The average molecular weight is 345 g/mol. The summed E-state index contributed by atoms with van der Waals surface area (Å²) in [6.07, 6.45) is 1.33. The monoisotopic (exact) mass is 345 g/mol. The van der Waals surface area contributed by atoms with Gasteiger partial charge in [0.1, 0.15) is 5.75 Å². The molecule has 0 aliphatic carbocycles. The highest BCUT2D eigenvalue weighted by molar-refractivity contribution is 6.11. The van der Waals surface area contributed by atoms with E-state index < -0.39 is 0 Å². The number of hydrogen-bond donors (Lipinski definition) is 1. The Balaban J connectivity index is 1.77. The Kier molecular flexibility index (Phi) is 4.05. The van der Waals surface area contributed by atoms with Crippen molar-refractivity contribution in [3.63, 3.8) is 0 Å². The number of methoxy groups -OCH3 is 1. The van der Waals surface area contributed by atoms with Gasteiger partial charge in [-0.3, -0.25) is 14.7 Å². The average Bonchev–Trinajstić information content (AvgIpc) is 2.96. The number of carbonyl (C=O) groups excluding carboxylic acids is 1. The third-order valence-electron chi connectivity index (χ3n) is 4.49. The lowest BCUT2D eigenvalue weighted by atomic mass is 10.2. The summed E-state index contributed by atoms with van der Waals surface area (Å²) in [6.45, 7) is 2.04. The van der Waals surface area contributed by atoms with Crippen LogP contribution in [-0.4, -0.2) is 18.0 Å². The molecule has 2 aromatic carbocycles. The molecule has 1 aliphatic heterocycles. The summed E-state index contributed by atoms with van der Waals surface area (Å²) in [5, 5.41) is 3.44. The fourth-order valence-corrected chi connectivity index (χ4v) is 3.15. The van der Waals surface area contributed by atoms with E-state index in [4.69, 9.17) is 4.74 Å². The van der Waals surface area contributed by atoms with E-state index in [1.54, 1.807) is 24.3 Å². The van der Waals surface area contributed by atoms with Crippen LogP contribution in [0.3, 0.4) is 0 Å². The first-order chi connectivity index (χ1) is 12.7. The van der Waals surface area contributed by atoms with Crippen LogP contribution in [0.4, 0.5) is 11.4 Å². The third-order valence-corrected chi connectivity index (χ3v) is 4.49. The second-order valence-corrected chi connectivity index (χ2v) is 6.23. The number of nitrogens with zero attached hydrogens (tertiary/aromatic N) is 2. The quantitative estimate of drug-likeness (QED) is 0.771. The van der Waals surface area contributed by atoms with Gasteiger partial charge >= 0.3 is 0 Å². The van der Waals surface area contributed by atoms with Crippen molar-refractivity contribution >= 4 is 17.3 Å². The first-order valence-electron chi connectivity index (χ1n) is 8.43. The Hall–Kier alpha value is -3.34. The Morgan fingerprint density at radius 3 is 2.65 bits per heavy atom. The summed E-state index contributed by atoms with van der Waals surface area (Å²) in [4.78, 5) is 19.2. The van der Waals surface area contributed by atoms with E-state index in [-0.39, 0.29) is 12.1 Å². The number of nitrogens with one attached hydrogen (secondary N) is 1. The van der Waals surface area contributed by atoms with Gasteiger partial charge in [-0.2, -0.15) is 0 Å². The maximum atomic E-state index is 13.1. The molecule has 0 unspecified atom stereocenters. The topological polar surface area (TPSA) is 54.5 Å². The van der Waals surface area contributed by atoms with Gasteiger partial charge in [0.2, 0.25) is 0 Å². The number of aromatic nitrogens is 1. The molecule has 1 aromatic heterocycles. The van der Waals surface area contributed by atoms with Crippen molar-refractivity contribution in [1.29, 1.82) is 0 Å². The Bertz CT molecular complexity index is 953.